The Balaban J connectivity index is 1.60. The van der Waals surface area contributed by atoms with Crippen LogP contribution in [0.25, 0.3) is 0 Å². The minimum absolute atomic E-state index is 0.0548. The van der Waals surface area contributed by atoms with Crippen LogP contribution in [0.5, 0.6) is 11.5 Å². The summed E-state index contributed by atoms with van der Waals surface area (Å²) in [5.41, 5.74) is 6.20. The van der Waals surface area contributed by atoms with Crippen molar-refractivity contribution in [3.05, 3.63) is 35.7 Å². The Hall–Kier alpha value is -3.77. The number of nitrogens with one attached hydrogen (secondary N) is 1. The van der Waals surface area contributed by atoms with Gasteiger partial charge in [0.25, 0.3) is 11.8 Å². The lowest BCUT2D eigenvalue weighted by Gasteiger charge is -2.26. The normalized spacial score (nSPS) is 13.7. The molecule has 0 bridgehead atoms. The number of rotatable bonds is 11. The van der Waals surface area contributed by atoms with Gasteiger partial charge in [-0.2, -0.15) is 0 Å². The molecule has 0 saturated carbocycles. The van der Waals surface area contributed by atoms with E-state index in [1.54, 1.807) is 19.2 Å². The molecule has 1 aliphatic rings. The van der Waals surface area contributed by atoms with Crippen molar-refractivity contribution in [2.75, 3.05) is 66.0 Å². The lowest BCUT2D eigenvalue weighted by atomic mass is 10.1. The molecular weight excluding hydrogens is 454 g/mol. The third kappa shape index (κ3) is 6.87. The molecule has 0 spiro atoms. The van der Waals surface area contributed by atoms with Gasteiger partial charge in [-0.25, -0.2) is 9.97 Å². The average molecular weight is 486 g/mol. The first-order chi connectivity index (χ1) is 16.9. The summed E-state index contributed by atoms with van der Waals surface area (Å²) in [4.78, 5) is 40.6. The number of nitrogen functional groups attached to an aromatic ring is 1. The standard InChI is InChI=1S/C23H31N7O5/c1-25-19-17(22(32)29(2)15-28-21(31)16-13-26-23(24)27-14-16)5-6-18(20(19)33-3)35-10-4-7-30-8-11-34-12-9-30/h5-6,13-14H,1,4,7-12,15H2,2-3H3,(H,28,31)(H2,24,26,27). The number of carbonyl (C=O) groups excluding carboxylic acids is 2. The Morgan fingerprint density at radius 3 is 2.66 bits per heavy atom. The van der Waals surface area contributed by atoms with Gasteiger partial charge in [0.15, 0.2) is 11.5 Å². The quantitative estimate of drug-likeness (QED) is 0.270. The summed E-state index contributed by atoms with van der Waals surface area (Å²) < 4.78 is 16.8. The highest BCUT2D eigenvalue weighted by atomic mass is 16.5. The fraction of sp³-hybridized carbons (Fsp3) is 0.435. The van der Waals surface area contributed by atoms with Crippen molar-refractivity contribution < 1.29 is 23.8 Å². The lowest BCUT2D eigenvalue weighted by Crippen LogP contribution is -2.39. The molecule has 3 rings (SSSR count). The summed E-state index contributed by atoms with van der Waals surface area (Å²) in [6.07, 6.45) is 3.45. The van der Waals surface area contributed by atoms with Crippen LogP contribution in [-0.2, 0) is 4.74 Å². The van der Waals surface area contributed by atoms with Crippen LogP contribution in [-0.4, -0.2) is 98.6 Å². The molecule has 1 fully saturated rings. The first-order valence-electron chi connectivity index (χ1n) is 11.2. The van der Waals surface area contributed by atoms with Crippen LogP contribution in [0.4, 0.5) is 11.6 Å². The van der Waals surface area contributed by atoms with Crippen molar-refractivity contribution in [1.82, 2.24) is 25.1 Å². The van der Waals surface area contributed by atoms with Gasteiger partial charge in [-0.05, 0) is 25.3 Å². The van der Waals surface area contributed by atoms with Gasteiger partial charge in [0.05, 0.1) is 44.7 Å². The molecule has 0 unspecified atom stereocenters. The monoisotopic (exact) mass is 485 g/mol. The van der Waals surface area contributed by atoms with E-state index < -0.39 is 5.91 Å². The van der Waals surface area contributed by atoms with Gasteiger partial charge in [0, 0.05) is 39.1 Å². The summed E-state index contributed by atoms with van der Waals surface area (Å²) in [5.74, 6) is 0.0572. The molecule has 1 aliphatic heterocycles. The Morgan fingerprint density at radius 2 is 2.00 bits per heavy atom. The molecule has 1 aromatic carbocycles. The molecule has 188 valence electrons. The molecule has 2 aromatic rings. The predicted molar refractivity (Wildman–Crippen MR) is 130 cm³/mol. The largest absolute Gasteiger partial charge is 0.491 e. The molecule has 12 heteroatoms. The highest BCUT2D eigenvalue weighted by Crippen LogP contribution is 2.40. The molecule has 0 atom stereocenters. The number of hydrogen-bond donors (Lipinski definition) is 2. The minimum Gasteiger partial charge on any atom is -0.491 e. The zero-order chi connectivity index (χ0) is 25.2. The maximum atomic E-state index is 13.1. The molecule has 12 nitrogen and oxygen atoms in total. The Bertz CT molecular complexity index is 1030. The third-order valence-electron chi connectivity index (χ3n) is 5.43. The lowest BCUT2D eigenvalue weighted by molar-refractivity contribution is 0.0357. The zero-order valence-corrected chi connectivity index (χ0v) is 20.0. The van der Waals surface area contributed by atoms with Crippen molar-refractivity contribution in [3.63, 3.8) is 0 Å². The van der Waals surface area contributed by atoms with E-state index >= 15 is 0 Å². The van der Waals surface area contributed by atoms with Crippen molar-refractivity contribution in [2.45, 2.75) is 6.42 Å². The molecule has 2 heterocycles. The number of aliphatic imine (C=N–C) groups is 1. The Labute approximate surface area is 204 Å². The number of ether oxygens (including phenoxy) is 3. The van der Waals surface area contributed by atoms with E-state index in [-0.39, 0.29) is 35.3 Å². The molecule has 0 aliphatic carbocycles. The molecule has 1 aromatic heterocycles. The summed E-state index contributed by atoms with van der Waals surface area (Å²) in [7, 11) is 3.04. The van der Waals surface area contributed by atoms with Crippen LogP contribution in [0.3, 0.4) is 0 Å². The van der Waals surface area contributed by atoms with E-state index in [0.717, 1.165) is 39.3 Å². The number of amides is 2. The predicted octanol–water partition coefficient (Wildman–Crippen LogP) is 0.960. The topological polar surface area (TPSA) is 144 Å². The molecular formula is C23H31N7O5. The number of anilines is 1. The number of benzene rings is 1. The molecule has 1 saturated heterocycles. The maximum absolute atomic E-state index is 13.1. The first kappa shape index (κ1) is 25.8. The van der Waals surface area contributed by atoms with Crippen molar-refractivity contribution in [2.24, 2.45) is 4.99 Å². The summed E-state index contributed by atoms with van der Waals surface area (Å²) in [6.45, 7) is 8.29. The molecule has 0 radical (unpaired) electrons. The molecule has 3 N–H and O–H groups in total. The number of nitrogens with zero attached hydrogens (tertiary/aromatic N) is 5. The van der Waals surface area contributed by atoms with Crippen LogP contribution in [0.2, 0.25) is 0 Å². The number of methoxy groups -OCH3 is 1. The number of hydrogen-bond acceptors (Lipinski definition) is 10. The number of aromatic nitrogens is 2. The van der Waals surface area contributed by atoms with Crippen LogP contribution in [0.1, 0.15) is 27.1 Å². The van der Waals surface area contributed by atoms with E-state index in [4.69, 9.17) is 19.9 Å². The maximum Gasteiger partial charge on any atom is 0.257 e. The average Bonchev–Trinajstić information content (AvgIpc) is 2.89. The third-order valence-corrected chi connectivity index (χ3v) is 5.43. The first-order valence-corrected chi connectivity index (χ1v) is 11.2. The number of morpholine rings is 1. The summed E-state index contributed by atoms with van der Waals surface area (Å²) in [6, 6.07) is 3.28. The van der Waals surface area contributed by atoms with Crippen LogP contribution >= 0.6 is 0 Å². The van der Waals surface area contributed by atoms with Crippen molar-refractivity contribution in [3.8, 4) is 11.5 Å². The van der Waals surface area contributed by atoms with E-state index in [0.29, 0.717) is 18.1 Å². The van der Waals surface area contributed by atoms with Crippen LogP contribution in [0.15, 0.2) is 29.5 Å². The fourth-order valence-corrected chi connectivity index (χ4v) is 3.51. The summed E-state index contributed by atoms with van der Waals surface area (Å²) in [5, 5.41) is 2.64. The Morgan fingerprint density at radius 1 is 1.29 bits per heavy atom. The zero-order valence-electron chi connectivity index (χ0n) is 20.0. The van der Waals surface area contributed by atoms with Gasteiger partial charge >= 0.3 is 0 Å². The number of nitrogens with two attached hydrogens (primary N) is 1. The van der Waals surface area contributed by atoms with Gasteiger partial charge in [-0.3, -0.25) is 19.5 Å². The molecule has 2 amide bonds. The second kappa shape index (κ2) is 12.6. The van der Waals surface area contributed by atoms with Crippen LogP contribution in [0, 0.1) is 0 Å². The number of carbonyl (C=O) groups is 2. The smallest absolute Gasteiger partial charge is 0.257 e. The van der Waals surface area contributed by atoms with Crippen molar-refractivity contribution >= 4 is 30.2 Å². The van der Waals surface area contributed by atoms with E-state index in [1.165, 1.54) is 24.4 Å². The fourth-order valence-electron chi connectivity index (χ4n) is 3.51. The van der Waals surface area contributed by atoms with Crippen LogP contribution < -0.4 is 20.5 Å². The van der Waals surface area contributed by atoms with E-state index in [2.05, 4.69) is 31.9 Å². The SMILES string of the molecule is C=Nc1c(C(=O)N(C)CNC(=O)c2cnc(N)nc2)ccc(OCCCN2CCOCC2)c1OC. The van der Waals surface area contributed by atoms with Gasteiger partial charge in [-0.1, -0.05) is 0 Å². The summed E-state index contributed by atoms with van der Waals surface area (Å²) >= 11 is 0. The molecule has 35 heavy (non-hydrogen) atoms. The van der Waals surface area contributed by atoms with Gasteiger partial charge in [0.2, 0.25) is 5.95 Å². The van der Waals surface area contributed by atoms with E-state index in [9.17, 15) is 9.59 Å². The highest BCUT2D eigenvalue weighted by molar-refractivity contribution is 6.01. The van der Waals surface area contributed by atoms with Gasteiger partial charge < -0.3 is 30.2 Å². The van der Waals surface area contributed by atoms with Gasteiger partial charge in [-0.15, -0.1) is 0 Å². The second-order valence-electron chi connectivity index (χ2n) is 7.80. The second-order valence-corrected chi connectivity index (χ2v) is 7.80. The Kier molecular flexibility index (Phi) is 9.32. The van der Waals surface area contributed by atoms with Gasteiger partial charge in [0.1, 0.15) is 5.69 Å². The minimum atomic E-state index is -0.440. The van der Waals surface area contributed by atoms with Crippen molar-refractivity contribution in [1.29, 1.82) is 0 Å². The van der Waals surface area contributed by atoms with E-state index in [1.807, 2.05) is 0 Å². The highest BCUT2D eigenvalue weighted by Gasteiger charge is 2.22.